The molecule has 0 aliphatic heterocycles. The van der Waals surface area contributed by atoms with Crippen molar-refractivity contribution in [2.45, 2.75) is 27.7 Å². The summed E-state index contributed by atoms with van der Waals surface area (Å²) in [6.45, 7) is 7.25. The molecule has 0 fully saturated rings. The topological polar surface area (TPSA) is 116 Å². The molecule has 0 aliphatic rings. The Balaban J connectivity index is 0.000000231. The average molecular weight is 314 g/mol. The molecular formula is C16H18N4O3. The van der Waals surface area contributed by atoms with E-state index in [4.69, 9.17) is 15.6 Å². The van der Waals surface area contributed by atoms with Gasteiger partial charge in [-0.25, -0.2) is 4.98 Å². The van der Waals surface area contributed by atoms with Crippen LogP contribution in [0.3, 0.4) is 0 Å². The van der Waals surface area contributed by atoms with Gasteiger partial charge in [-0.3, -0.25) is 0 Å². The van der Waals surface area contributed by atoms with Gasteiger partial charge in [0.2, 0.25) is 11.4 Å². The van der Waals surface area contributed by atoms with Crippen LogP contribution in [0.2, 0.25) is 0 Å². The number of rotatable bonds is 1. The number of hydrogen-bond acceptors (Lipinski definition) is 6. The van der Waals surface area contributed by atoms with Crippen molar-refractivity contribution in [2.24, 2.45) is 5.16 Å². The first kappa shape index (κ1) is 17.9. The molecule has 0 unspecified atom stereocenters. The summed E-state index contributed by atoms with van der Waals surface area (Å²) in [5.41, 5.74) is 3.39. The molecule has 0 atom stereocenters. The number of aryl methyl sites for hydroxylation is 2. The highest BCUT2D eigenvalue weighted by atomic mass is 16.5. The Bertz CT molecular complexity index is 736. The van der Waals surface area contributed by atoms with Gasteiger partial charge >= 0.3 is 0 Å². The molecule has 2 aromatic rings. The van der Waals surface area contributed by atoms with E-state index in [2.05, 4.69) is 10.1 Å². The van der Waals surface area contributed by atoms with Gasteiger partial charge in [0.15, 0.2) is 5.71 Å². The smallest absolute Gasteiger partial charge is 0.211 e. The van der Waals surface area contributed by atoms with Gasteiger partial charge in [-0.2, -0.15) is 9.99 Å². The molecule has 1 aromatic heterocycles. The number of nitriles is 1. The second kappa shape index (κ2) is 7.75. The minimum absolute atomic E-state index is 0.0741. The monoisotopic (exact) mass is 314 g/mol. The van der Waals surface area contributed by atoms with Crippen molar-refractivity contribution in [3.63, 3.8) is 0 Å². The van der Waals surface area contributed by atoms with Gasteiger partial charge in [-0.1, -0.05) is 5.16 Å². The SMILES string of the molecule is Cc1nc(C)c(C)[n+]([O-])c1C.N#C/C(=N\O)c1ccc(O)cc1. The van der Waals surface area contributed by atoms with Gasteiger partial charge < -0.3 is 15.5 Å². The van der Waals surface area contributed by atoms with Crippen LogP contribution in [-0.2, 0) is 0 Å². The molecule has 2 rings (SSSR count). The van der Waals surface area contributed by atoms with Crippen LogP contribution >= 0.6 is 0 Å². The molecule has 0 bridgehead atoms. The lowest BCUT2D eigenvalue weighted by Gasteiger charge is -2.07. The molecule has 0 saturated carbocycles. The van der Waals surface area contributed by atoms with Gasteiger partial charge in [0.1, 0.15) is 23.2 Å². The van der Waals surface area contributed by atoms with Gasteiger partial charge in [0.05, 0.1) is 0 Å². The fraction of sp³-hybridized carbons (Fsp3) is 0.250. The highest BCUT2D eigenvalue weighted by molar-refractivity contribution is 6.11. The van der Waals surface area contributed by atoms with Crippen LogP contribution in [0.15, 0.2) is 29.4 Å². The summed E-state index contributed by atoms with van der Waals surface area (Å²) in [6.07, 6.45) is 0. The van der Waals surface area contributed by atoms with Gasteiger partial charge in [0, 0.05) is 19.4 Å². The quantitative estimate of drug-likeness (QED) is 0.275. The zero-order chi connectivity index (χ0) is 17.6. The maximum Gasteiger partial charge on any atom is 0.211 e. The van der Waals surface area contributed by atoms with Gasteiger partial charge in [-0.05, 0) is 38.1 Å². The van der Waals surface area contributed by atoms with E-state index in [1.807, 2.05) is 13.8 Å². The Morgan fingerprint density at radius 1 is 1.13 bits per heavy atom. The number of phenolic OH excluding ortho intramolecular Hbond substituents is 1. The summed E-state index contributed by atoms with van der Waals surface area (Å²) >= 11 is 0. The molecule has 1 heterocycles. The standard InChI is InChI=1S/C8H6N2O2.C8H12N2O/c9-5-8(10-12)6-1-3-7(11)4-2-6;1-5-7(3)10(11)8(4)6(2)9-5/h1-4,11-12H;1-4H3/b10-8+;. The Hall–Kier alpha value is -3.14. The number of nitrogens with zero attached hydrogens (tertiary/aromatic N) is 4. The molecule has 2 N–H and O–H groups in total. The molecule has 0 radical (unpaired) electrons. The molecule has 0 amide bonds. The third-order valence-corrected chi connectivity index (χ3v) is 3.34. The third kappa shape index (κ3) is 4.41. The van der Waals surface area contributed by atoms with Crippen LogP contribution in [0, 0.1) is 44.2 Å². The second-order valence-electron chi connectivity index (χ2n) is 4.86. The lowest BCUT2D eigenvalue weighted by atomic mass is 10.1. The summed E-state index contributed by atoms with van der Waals surface area (Å²) < 4.78 is 0.928. The molecular weight excluding hydrogens is 296 g/mol. The van der Waals surface area contributed by atoms with Gasteiger partial charge in [-0.15, -0.1) is 0 Å². The maximum atomic E-state index is 11.3. The first-order chi connectivity index (χ1) is 10.8. The third-order valence-electron chi connectivity index (χ3n) is 3.34. The average Bonchev–Trinajstić information content (AvgIpc) is 2.54. The fourth-order valence-corrected chi connectivity index (χ4v) is 1.72. The van der Waals surface area contributed by atoms with Crippen LogP contribution in [0.5, 0.6) is 5.75 Å². The van der Waals surface area contributed by atoms with E-state index in [-0.39, 0.29) is 11.5 Å². The summed E-state index contributed by atoms with van der Waals surface area (Å²) in [7, 11) is 0. The van der Waals surface area contributed by atoms with E-state index in [0.717, 1.165) is 16.1 Å². The van der Waals surface area contributed by atoms with E-state index < -0.39 is 0 Å². The number of phenols is 1. The van der Waals surface area contributed by atoms with E-state index in [9.17, 15) is 5.21 Å². The number of aromatic nitrogens is 2. The maximum absolute atomic E-state index is 11.3. The summed E-state index contributed by atoms with van der Waals surface area (Å²) in [4.78, 5) is 4.21. The molecule has 23 heavy (non-hydrogen) atoms. The normalized spacial score (nSPS) is 10.5. The van der Waals surface area contributed by atoms with Crippen LogP contribution < -0.4 is 4.73 Å². The number of hydrogen-bond donors (Lipinski definition) is 2. The predicted molar refractivity (Wildman–Crippen MR) is 84.2 cm³/mol. The zero-order valence-electron chi connectivity index (χ0n) is 13.4. The van der Waals surface area contributed by atoms with Crippen molar-refractivity contribution < 1.29 is 15.0 Å². The van der Waals surface area contributed by atoms with Crippen molar-refractivity contribution in [2.75, 3.05) is 0 Å². The van der Waals surface area contributed by atoms with Crippen molar-refractivity contribution in [3.05, 3.63) is 57.8 Å². The number of benzene rings is 1. The summed E-state index contributed by atoms with van der Waals surface area (Å²) in [5.74, 6) is 0.106. The molecule has 1 aromatic carbocycles. The Labute approximate surface area is 134 Å². The molecule has 0 spiro atoms. The fourth-order valence-electron chi connectivity index (χ4n) is 1.72. The Kier molecular flexibility index (Phi) is 6.04. The van der Waals surface area contributed by atoms with Gasteiger partial charge in [0.25, 0.3) is 0 Å². The van der Waals surface area contributed by atoms with E-state index in [0.29, 0.717) is 17.0 Å². The van der Waals surface area contributed by atoms with E-state index >= 15 is 0 Å². The summed E-state index contributed by atoms with van der Waals surface area (Å²) in [6, 6.07) is 7.52. The Morgan fingerprint density at radius 3 is 2.00 bits per heavy atom. The second-order valence-corrected chi connectivity index (χ2v) is 4.86. The van der Waals surface area contributed by atoms with Crippen LogP contribution in [-0.4, -0.2) is 21.0 Å². The molecule has 7 heteroatoms. The largest absolute Gasteiger partial charge is 0.618 e. The van der Waals surface area contributed by atoms with Crippen molar-refractivity contribution in [1.82, 2.24) is 4.98 Å². The first-order valence-electron chi connectivity index (χ1n) is 6.77. The van der Waals surface area contributed by atoms with Crippen molar-refractivity contribution in [1.29, 1.82) is 5.26 Å². The van der Waals surface area contributed by atoms with Crippen molar-refractivity contribution >= 4 is 5.71 Å². The molecule has 7 nitrogen and oxygen atoms in total. The van der Waals surface area contributed by atoms with Crippen LogP contribution in [0.4, 0.5) is 0 Å². The van der Waals surface area contributed by atoms with Crippen LogP contribution in [0.25, 0.3) is 0 Å². The lowest BCUT2D eigenvalue weighted by Crippen LogP contribution is -2.36. The molecule has 120 valence electrons. The Morgan fingerprint density at radius 2 is 1.61 bits per heavy atom. The predicted octanol–water partition coefficient (Wildman–Crippen LogP) is 2.04. The highest BCUT2D eigenvalue weighted by Crippen LogP contribution is 2.10. The minimum atomic E-state index is -0.0741. The first-order valence-corrected chi connectivity index (χ1v) is 6.77. The summed E-state index contributed by atoms with van der Waals surface area (Å²) in [5, 5.41) is 39.8. The lowest BCUT2D eigenvalue weighted by molar-refractivity contribution is -0.620. The molecule has 0 saturated heterocycles. The minimum Gasteiger partial charge on any atom is -0.618 e. The molecule has 0 aliphatic carbocycles. The van der Waals surface area contributed by atoms with Crippen LogP contribution in [0.1, 0.15) is 28.3 Å². The number of aromatic hydroxyl groups is 1. The highest BCUT2D eigenvalue weighted by Gasteiger charge is 2.10. The zero-order valence-corrected chi connectivity index (χ0v) is 13.4. The van der Waals surface area contributed by atoms with E-state index in [1.165, 1.54) is 24.3 Å². The van der Waals surface area contributed by atoms with E-state index in [1.54, 1.807) is 19.9 Å². The van der Waals surface area contributed by atoms with Crippen molar-refractivity contribution in [3.8, 4) is 11.8 Å². The number of oxime groups is 1.